The number of hydrogen-bond donors (Lipinski definition) is 2. The minimum atomic E-state index is -4.57. The van der Waals surface area contributed by atoms with Crippen molar-refractivity contribution >= 4 is 27.6 Å². The number of aliphatic hydroxyl groups is 1. The van der Waals surface area contributed by atoms with Crippen molar-refractivity contribution in [3.05, 3.63) is 76.8 Å². The van der Waals surface area contributed by atoms with Crippen molar-refractivity contribution in [3.63, 3.8) is 0 Å². The van der Waals surface area contributed by atoms with Gasteiger partial charge in [0.25, 0.3) is 5.56 Å². The van der Waals surface area contributed by atoms with Gasteiger partial charge in [0, 0.05) is 28.8 Å². The van der Waals surface area contributed by atoms with Crippen LogP contribution in [0.2, 0.25) is 0 Å². The van der Waals surface area contributed by atoms with E-state index in [0.29, 0.717) is 31.0 Å². The summed E-state index contributed by atoms with van der Waals surface area (Å²) in [6.07, 6.45) is -3.79. The number of benzene rings is 2. The van der Waals surface area contributed by atoms with Crippen LogP contribution in [0, 0.1) is 0 Å². The van der Waals surface area contributed by atoms with Gasteiger partial charge in [0.15, 0.2) is 0 Å². The lowest BCUT2D eigenvalue weighted by Gasteiger charge is -2.51. The van der Waals surface area contributed by atoms with E-state index in [1.54, 1.807) is 31.2 Å². The van der Waals surface area contributed by atoms with Crippen LogP contribution in [-0.4, -0.2) is 38.1 Å². The Kier molecular flexibility index (Phi) is 7.02. The molecular formula is C30H30F3N3O4S. The molecule has 1 aliphatic carbocycles. The molecule has 1 aliphatic rings. The van der Waals surface area contributed by atoms with E-state index in [1.165, 1.54) is 11.3 Å². The van der Waals surface area contributed by atoms with E-state index in [2.05, 4.69) is 10.3 Å². The Morgan fingerprint density at radius 3 is 2.27 bits per heavy atom. The second-order valence-corrected chi connectivity index (χ2v) is 12.8. The molecule has 2 N–H and O–H groups in total. The van der Waals surface area contributed by atoms with Gasteiger partial charge in [-0.25, -0.2) is 9.78 Å². The molecule has 1 saturated carbocycles. The summed E-state index contributed by atoms with van der Waals surface area (Å²) >= 11 is 1.22. The Labute approximate surface area is 238 Å². The first-order valence-electron chi connectivity index (χ1n) is 13.0. The lowest BCUT2D eigenvalue weighted by molar-refractivity contribution is -0.177. The molecule has 2 aromatic carbocycles. The summed E-state index contributed by atoms with van der Waals surface area (Å²) in [5.74, 6) is 0. The van der Waals surface area contributed by atoms with Crippen LogP contribution in [0.15, 0.2) is 65.7 Å². The second-order valence-electron chi connectivity index (χ2n) is 11.8. The molecule has 2 aromatic heterocycles. The molecule has 0 atom stereocenters. The Bertz CT molecular complexity index is 1650. The largest absolute Gasteiger partial charge is 0.438 e. The van der Waals surface area contributed by atoms with Crippen LogP contribution in [0.1, 0.15) is 46.1 Å². The number of halogens is 3. The number of rotatable bonds is 5. The number of hydrogen-bond acceptors (Lipinski definition) is 6. The number of aromatic nitrogens is 2. The summed E-state index contributed by atoms with van der Waals surface area (Å²) in [5, 5.41) is 13.4. The summed E-state index contributed by atoms with van der Waals surface area (Å²) in [6, 6.07) is 16.3. The van der Waals surface area contributed by atoms with Crippen molar-refractivity contribution < 1.29 is 27.8 Å². The molecule has 0 saturated heterocycles. The maximum absolute atomic E-state index is 13.3. The quantitative estimate of drug-likeness (QED) is 0.275. The Morgan fingerprint density at radius 2 is 1.71 bits per heavy atom. The van der Waals surface area contributed by atoms with Gasteiger partial charge in [0.1, 0.15) is 17.0 Å². The predicted octanol–water partition coefficient (Wildman–Crippen LogP) is 6.62. The van der Waals surface area contributed by atoms with Crippen LogP contribution in [0.3, 0.4) is 0 Å². The van der Waals surface area contributed by atoms with Crippen LogP contribution < -0.4 is 10.9 Å². The molecule has 0 bridgehead atoms. The van der Waals surface area contributed by atoms with E-state index in [-0.39, 0.29) is 18.2 Å². The van der Waals surface area contributed by atoms with Gasteiger partial charge in [0.05, 0.1) is 17.3 Å². The lowest BCUT2D eigenvalue weighted by Crippen LogP contribution is -2.57. The van der Waals surface area contributed by atoms with Crippen LogP contribution in [0.4, 0.5) is 18.0 Å². The summed E-state index contributed by atoms with van der Waals surface area (Å²) in [7, 11) is 0. The summed E-state index contributed by atoms with van der Waals surface area (Å²) in [5.41, 5.74) is -0.677. The highest BCUT2D eigenvalue weighted by Gasteiger charge is 2.55. The lowest BCUT2D eigenvalue weighted by atomic mass is 9.65. The number of alkyl carbamates (subject to hydrolysis) is 1. The van der Waals surface area contributed by atoms with Gasteiger partial charge in [-0.15, -0.1) is 11.3 Å². The zero-order valence-electron chi connectivity index (χ0n) is 23.0. The maximum Gasteiger partial charge on any atom is 0.408 e. The second kappa shape index (κ2) is 9.99. The SMILES string of the molecule is CC1(O)CC(OC(=O)NC(C)(C)C)(c2ccc(-c3sc4ncn(CC(F)(F)F)c(=O)c4c3-c3ccccc3)cc2)C1. The number of thiophene rings is 1. The average molecular weight is 586 g/mol. The molecule has 2 heterocycles. The molecule has 11 heteroatoms. The molecule has 0 unspecified atom stereocenters. The van der Waals surface area contributed by atoms with Crippen molar-refractivity contribution in [2.45, 2.75) is 70.0 Å². The summed E-state index contributed by atoms with van der Waals surface area (Å²) in [6.45, 7) is 5.78. The molecule has 0 aliphatic heterocycles. The Hall–Kier alpha value is -3.70. The highest BCUT2D eigenvalue weighted by Crippen LogP contribution is 2.52. The normalized spacial score (nSPS) is 21.0. The predicted molar refractivity (Wildman–Crippen MR) is 152 cm³/mol. The number of nitrogens with one attached hydrogen (secondary N) is 1. The van der Waals surface area contributed by atoms with Crippen molar-refractivity contribution in [1.29, 1.82) is 0 Å². The van der Waals surface area contributed by atoms with Crippen molar-refractivity contribution in [2.75, 3.05) is 0 Å². The number of carbonyl (C=O) groups is 1. The Morgan fingerprint density at radius 1 is 1.07 bits per heavy atom. The number of alkyl halides is 3. The zero-order chi connectivity index (χ0) is 29.8. The highest BCUT2D eigenvalue weighted by molar-refractivity contribution is 7.22. The topological polar surface area (TPSA) is 93.4 Å². The van der Waals surface area contributed by atoms with E-state index >= 15 is 0 Å². The fraction of sp³-hybridized carbons (Fsp3) is 0.367. The van der Waals surface area contributed by atoms with E-state index in [9.17, 15) is 27.9 Å². The van der Waals surface area contributed by atoms with Crippen molar-refractivity contribution in [2.24, 2.45) is 0 Å². The molecule has 4 aromatic rings. The molecule has 0 spiro atoms. The first-order chi connectivity index (χ1) is 19.1. The third kappa shape index (κ3) is 6.01. The maximum atomic E-state index is 13.3. The van der Waals surface area contributed by atoms with Gasteiger partial charge < -0.3 is 15.2 Å². The van der Waals surface area contributed by atoms with E-state index in [0.717, 1.165) is 11.9 Å². The monoisotopic (exact) mass is 585 g/mol. The number of fused-ring (bicyclic) bond motifs is 1. The van der Waals surface area contributed by atoms with Gasteiger partial charge in [-0.3, -0.25) is 9.36 Å². The average Bonchev–Trinajstić information content (AvgIpc) is 3.23. The number of carbonyl (C=O) groups excluding carboxylic acids is 1. The minimum Gasteiger partial charge on any atom is -0.438 e. The molecule has 216 valence electrons. The highest BCUT2D eigenvalue weighted by atomic mass is 32.1. The number of amides is 1. The summed E-state index contributed by atoms with van der Waals surface area (Å²) in [4.78, 5) is 31.2. The van der Waals surface area contributed by atoms with Gasteiger partial charge in [0.2, 0.25) is 0 Å². The van der Waals surface area contributed by atoms with Gasteiger partial charge >= 0.3 is 12.3 Å². The number of ether oxygens (including phenoxy) is 1. The molecule has 1 amide bonds. The minimum absolute atomic E-state index is 0.126. The molecule has 1 fully saturated rings. The Balaban J connectivity index is 1.58. The smallest absolute Gasteiger partial charge is 0.408 e. The van der Waals surface area contributed by atoms with E-state index in [4.69, 9.17) is 4.74 Å². The summed E-state index contributed by atoms with van der Waals surface area (Å²) < 4.78 is 45.9. The molecular weight excluding hydrogens is 555 g/mol. The van der Waals surface area contributed by atoms with Crippen LogP contribution in [0.5, 0.6) is 0 Å². The standard InChI is InChI=1S/C30H30F3N3O4S/c1-27(2,3)35-26(38)40-29(14-28(4,39)15-29)20-12-10-19(11-13-20)23-21(18-8-6-5-7-9-18)22-24(41-23)34-17-36(25(22)37)16-30(31,32)33/h5-13,17,39H,14-16H2,1-4H3,(H,35,38). The molecule has 7 nitrogen and oxygen atoms in total. The first kappa shape index (κ1) is 28.8. The van der Waals surface area contributed by atoms with E-state index < -0.39 is 41.1 Å². The van der Waals surface area contributed by atoms with Crippen LogP contribution in [-0.2, 0) is 16.9 Å². The zero-order valence-corrected chi connectivity index (χ0v) is 23.8. The number of nitrogens with zero attached hydrogens (tertiary/aromatic N) is 2. The van der Waals surface area contributed by atoms with Gasteiger partial charge in [-0.05, 0) is 44.4 Å². The van der Waals surface area contributed by atoms with E-state index in [1.807, 2.05) is 51.1 Å². The van der Waals surface area contributed by atoms with Crippen LogP contribution >= 0.6 is 11.3 Å². The molecule has 41 heavy (non-hydrogen) atoms. The molecule has 0 radical (unpaired) electrons. The fourth-order valence-electron chi connectivity index (χ4n) is 5.36. The molecule has 5 rings (SSSR count). The van der Waals surface area contributed by atoms with Gasteiger partial charge in [-0.2, -0.15) is 13.2 Å². The fourth-order valence-corrected chi connectivity index (χ4v) is 6.52. The first-order valence-corrected chi connectivity index (χ1v) is 13.9. The van der Waals surface area contributed by atoms with Crippen molar-refractivity contribution in [3.8, 4) is 21.6 Å². The van der Waals surface area contributed by atoms with Crippen LogP contribution in [0.25, 0.3) is 31.8 Å². The third-order valence-corrected chi connectivity index (χ3v) is 8.01. The third-order valence-electron chi connectivity index (χ3n) is 6.86. The van der Waals surface area contributed by atoms with Crippen molar-refractivity contribution in [1.82, 2.24) is 14.9 Å². The van der Waals surface area contributed by atoms with Gasteiger partial charge in [-0.1, -0.05) is 54.6 Å².